The summed E-state index contributed by atoms with van der Waals surface area (Å²) in [5.41, 5.74) is 2.41. The van der Waals surface area contributed by atoms with E-state index in [1.165, 1.54) is 0 Å². The second-order valence-electron chi connectivity index (χ2n) is 6.66. The number of nitrogens with zero attached hydrogens (tertiary/aromatic N) is 2. The molecular formula is C18H17Cl2IN3S+. The van der Waals surface area contributed by atoms with E-state index in [-0.39, 0.29) is 15.2 Å². The largest absolute Gasteiger partial charge is 0.364 e. The number of nitrogens with one attached hydrogen (secondary N) is 1. The molecule has 1 aromatic carbocycles. The van der Waals surface area contributed by atoms with Crippen LogP contribution >= 0.6 is 56.3 Å². The Morgan fingerprint density at radius 2 is 2.04 bits per heavy atom. The third kappa shape index (κ3) is 3.42. The number of hydrogen-bond acceptors (Lipinski definition) is 3. The van der Waals surface area contributed by atoms with Crippen LogP contribution < -0.4 is 5.32 Å². The predicted molar refractivity (Wildman–Crippen MR) is 116 cm³/mol. The van der Waals surface area contributed by atoms with Gasteiger partial charge in [0.15, 0.2) is 5.84 Å². The zero-order valence-electron chi connectivity index (χ0n) is 14.1. The first-order valence-corrected chi connectivity index (χ1v) is 10.8. The van der Waals surface area contributed by atoms with Crippen LogP contribution in [0.3, 0.4) is 0 Å². The highest BCUT2D eigenvalue weighted by atomic mass is 127. The molecule has 1 aliphatic heterocycles. The molecule has 0 bridgehead atoms. The second kappa shape index (κ2) is 7.07. The van der Waals surface area contributed by atoms with Gasteiger partial charge in [-0.3, -0.25) is 4.99 Å². The summed E-state index contributed by atoms with van der Waals surface area (Å²) in [5, 5.41) is 14.4. The molecule has 0 amide bonds. The highest BCUT2D eigenvalue weighted by molar-refractivity contribution is 14.1. The van der Waals surface area contributed by atoms with E-state index >= 15 is 0 Å². The number of aliphatic imine (C=N–C) groups is 1. The molecule has 1 unspecified atom stereocenters. The fraction of sp³-hybridized carbons (Fsp3) is 0.333. The summed E-state index contributed by atoms with van der Waals surface area (Å²) in [5.74, 6) is 0.888. The zero-order valence-corrected chi connectivity index (χ0v) is 18.6. The van der Waals surface area contributed by atoms with Gasteiger partial charge in [0.1, 0.15) is 16.4 Å². The molecule has 25 heavy (non-hydrogen) atoms. The van der Waals surface area contributed by atoms with Crippen molar-refractivity contribution in [3.05, 3.63) is 41.6 Å². The molecule has 0 fully saturated rings. The molecule has 3 rings (SSSR count). The number of thiophene rings is 1. The van der Waals surface area contributed by atoms with Gasteiger partial charge in [0.25, 0.3) is 0 Å². The molecule has 1 aromatic heterocycles. The van der Waals surface area contributed by atoms with Gasteiger partial charge in [0.2, 0.25) is 7.76 Å². The van der Waals surface area contributed by atoms with E-state index in [4.69, 9.17) is 23.2 Å². The van der Waals surface area contributed by atoms with E-state index in [9.17, 15) is 5.26 Å². The van der Waals surface area contributed by atoms with Crippen molar-refractivity contribution >= 4 is 62.1 Å². The van der Waals surface area contributed by atoms with Gasteiger partial charge in [-0.25, -0.2) is 0 Å². The van der Waals surface area contributed by atoms with Crippen LogP contribution in [0.1, 0.15) is 31.2 Å². The van der Waals surface area contributed by atoms with Crippen molar-refractivity contribution in [1.82, 2.24) is 5.32 Å². The van der Waals surface area contributed by atoms with Crippen LogP contribution in [0.4, 0.5) is 0 Å². The number of hydrogen-bond donors (Lipinski definition) is 1. The van der Waals surface area contributed by atoms with Crippen LogP contribution in [-0.2, 0) is 4.75 Å². The summed E-state index contributed by atoms with van der Waals surface area (Å²) in [4.78, 5) is 5.75. The van der Waals surface area contributed by atoms with Crippen molar-refractivity contribution in [2.24, 2.45) is 4.99 Å². The summed E-state index contributed by atoms with van der Waals surface area (Å²) < 4.78 is 1.04. The van der Waals surface area contributed by atoms with Gasteiger partial charge in [-0.05, 0) is 32.9 Å². The summed E-state index contributed by atoms with van der Waals surface area (Å²) in [6, 6.07) is 7.84. The lowest BCUT2D eigenvalue weighted by molar-refractivity contribution is 0.715. The van der Waals surface area contributed by atoms with Crippen molar-refractivity contribution in [3.63, 3.8) is 0 Å². The van der Waals surface area contributed by atoms with E-state index in [1.54, 1.807) is 6.07 Å². The molecule has 2 aromatic rings. The first-order chi connectivity index (χ1) is 11.8. The van der Waals surface area contributed by atoms with Crippen LogP contribution in [0, 0.1) is 14.2 Å². The molecule has 3 nitrogen and oxygen atoms in total. The fourth-order valence-corrected chi connectivity index (χ4v) is 8.86. The fourth-order valence-electron chi connectivity index (χ4n) is 2.89. The summed E-state index contributed by atoms with van der Waals surface area (Å²) in [7, 11) is -0.253. The van der Waals surface area contributed by atoms with Gasteiger partial charge in [-0.2, -0.15) is 5.26 Å². The van der Waals surface area contributed by atoms with E-state index in [1.807, 2.05) is 12.1 Å². The average molecular weight is 505 g/mol. The van der Waals surface area contributed by atoms with Crippen LogP contribution in [0.15, 0.2) is 23.2 Å². The van der Waals surface area contributed by atoms with Crippen LogP contribution in [0.2, 0.25) is 10.0 Å². The Bertz CT molecular complexity index is 920. The standard InChI is InChI=1S/C18H17Cl2IN3S/c1-18(2,3)25-15(17-23-6-7-24-17)14(12(9-22)16(25)21)11-5-4-10(19)8-13(11)20/h4-5,8H,6-7H2,1-3H3,(H,23,24)/q+1. The lowest BCUT2D eigenvalue weighted by atomic mass is 10.0. The molecule has 0 saturated carbocycles. The van der Waals surface area contributed by atoms with Gasteiger partial charge in [0, 0.05) is 50.2 Å². The molecule has 0 saturated heterocycles. The molecule has 2 heterocycles. The van der Waals surface area contributed by atoms with Crippen molar-refractivity contribution in [1.29, 1.82) is 5.26 Å². The Morgan fingerprint density at radius 1 is 1.32 bits per heavy atom. The third-order valence-electron chi connectivity index (χ3n) is 3.87. The van der Waals surface area contributed by atoms with E-state index in [0.717, 1.165) is 37.8 Å². The Morgan fingerprint density at radius 3 is 2.56 bits per heavy atom. The van der Waals surface area contributed by atoms with Gasteiger partial charge in [-0.15, -0.1) is 0 Å². The second-order valence-corrected chi connectivity index (χ2v) is 12.0. The molecule has 1 N–H and O–H groups in total. The van der Waals surface area contributed by atoms with Gasteiger partial charge >= 0.3 is 0 Å². The molecule has 130 valence electrons. The number of rotatable bonds is 2. The normalized spacial score (nSPS) is 14.9. The molecule has 0 radical (unpaired) electrons. The number of nitriles is 1. The Hall–Kier alpha value is -0.810. The third-order valence-corrected chi connectivity index (χ3v) is 8.87. The highest BCUT2D eigenvalue weighted by Crippen LogP contribution is 2.53. The van der Waals surface area contributed by atoms with Gasteiger partial charge in [-0.1, -0.05) is 29.3 Å². The minimum absolute atomic E-state index is 0.0264. The molecule has 0 aliphatic carbocycles. The first kappa shape index (κ1) is 19.0. The molecule has 1 atom stereocenters. The lowest BCUT2D eigenvalue weighted by Crippen LogP contribution is -2.21. The molecular weight excluding hydrogens is 488 g/mol. The van der Waals surface area contributed by atoms with Crippen LogP contribution in [0.5, 0.6) is 0 Å². The van der Waals surface area contributed by atoms with Crippen LogP contribution in [-0.4, -0.2) is 18.9 Å². The maximum atomic E-state index is 9.89. The van der Waals surface area contributed by atoms with Crippen molar-refractivity contribution in [2.45, 2.75) is 25.5 Å². The number of amidine groups is 1. The summed E-state index contributed by atoms with van der Waals surface area (Å²) in [6.07, 6.45) is 0. The summed E-state index contributed by atoms with van der Waals surface area (Å²) in [6.45, 7) is 8.17. The molecule has 1 aliphatic rings. The Kier molecular flexibility index (Phi) is 5.36. The number of benzene rings is 1. The molecule has 0 spiro atoms. The Labute approximate surface area is 174 Å². The topological polar surface area (TPSA) is 48.2 Å². The van der Waals surface area contributed by atoms with Gasteiger partial charge in [0.05, 0.1) is 17.1 Å². The quantitative estimate of drug-likeness (QED) is 0.403. The number of halogens is 3. The summed E-state index contributed by atoms with van der Waals surface area (Å²) >= 11 is 14.9. The molecule has 7 heteroatoms. The van der Waals surface area contributed by atoms with Crippen molar-refractivity contribution in [3.8, 4) is 17.2 Å². The zero-order chi connectivity index (χ0) is 18.4. The monoisotopic (exact) mass is 504 g/mol. The maximum Gasteiger partial charge on any atom is 0.228 e. The van der Waals surface area contributed by atoms with Crippen molar-refractivity contribution in [2.75, 3.05) is 13.1 Å². The SMILES string of the molecule is CC(C)(C)[s+]1c(I)c(C#N)c(-c2ccc(Cl)cc2Cl)c1C1=NCCN1. The minimum atomic E-state index is -0.253. The predicted octanol–water partition coefficient (Wildman–Crippen LogP) is 5.99. The highest BCUT2D eigenvalue weighted by Gasteiger charge is 2.42. The smallest absolute Gasteiger partial charge is 0.228 e. The first-order valence-electron chi connectivity index (χ1n) is 7.78. The van der Waals surface area contributed by atoms with E-state index < -0.39 is 0 Å². The van der Waals surface area contributed by atoms with Crippen molar-refractivity contribution < 1.29 is 0 Å². The van der Waals surface area contributed by atoms with E-state index in [0.29, 0.717) is 15.6 Å². The van der Waals surface area contributed by atoms with E-state index in [2.05, 4.69) is 59.7 Å². The lowest BCUT2D eigenvalue weighted by Gasteiger charge is -2.13. The Balaban J connectivity index is 2.43. The maximum absolute atomic E-state index is 9.89. The van der Waals surface area contributed by atoms with Crippen LogP contribution in [0.25, 0.3) is 11.1 Å². The van der Waals surface area contributed by atoms with Gasteiger partial charge < -0.3 is 5.32 Å². The minimum Gasteiger partial charge on any atom is -0.364 e. The average Bonchev–Trinajstić information content (AvgIpc) is 3.12.